The Hall–Kier alpha value is -1.18. The van der Waals surface area contributed by atoms with Crippen molar-refractivity contribution in [1.29, 1.82) is 0 Å². The van der Waals surface area contributed by atoms with Gasteiger partial charge in [-0.2, -0.15) is 0 Å². The summed E-state index contributed by atoms with van der Waals surface area (Å²) in [5.74, 6) is 1.04. The number of ether oxygens (including phenoxy) is 1. The maximum absolute atomic E-state index is 6.06. The first-order valence-corrected chi connectivity index (χ1v) is 9.13. The SMILES string of the molecule is CCCCCCCCOc1ccc(C)cc1N(C)CCCC. The molecule has 22 heavy (non-hydrogen) atoms. The Bertz CT molecular complexity index is 403. The molecule has 1 aromatic rings. The largest absolute Gasteiger partial charge is 0.491 e. The molecular formula is C20H35NO. The Morgan fingerprint density at radius 2 is 1.59 bits per heavy atom. The summed E-state index contributed by atoms with van der Waals surface area (Å²) in [5.41, 5.74) is 2.53. The second-order valence-electron chi connectivity index (χ2n) is 6.36. The van der Waals surface area contributed by atoms with Gasteiger partial charge in [0.2, 0.25) is 0 Å². The molecule has 0 aliphatic rings. The first kappa shape index (κ1) is 18.9. The minimum atomic E-state index is 0.837. The van der Waals surface area contributed by atoms with Crippen molar-refractivity contribution in [2.24, 2.45) is 0 Å². The van der Waals surface area contributed by atoms with Crippen LogP contribution in [-0.4, -0.2) is 20.2 Å². The van der Waals surface area contributed by atoms with Gasteiger partial charge < -0.3 is 9.64 Å². The van der Waals surface area contributed by atoms with E-state index in [1.54, 1.807) is 0 Å². The molecule has 1 aromatic carbocycles. The zero-order chi connectivity index (χ0) is 16.2. The van der Waals surface area contributed by atoms with Gasteiger partial charge in [0.25, 0.3) is 0 Å². The number of rotatable bonds is 12. The fourth-order valence-electron chi connectivity index (χ4n) is 2.63. The number of hydrogen-bond acceptors (Lipinski definition) is 2. The van der Waals surface area contributed by atoms with Gasteiger partial charge in [-0.1, -0.05) is 58.4 Å². The summed E-state index contributed by atoms with van der Waals surface area (Å²) in [6.07, 6.45) is 10.3. The predicted octanol–water partition coefficient (Wildman–Crippen LogP) is 5.97. The topological polar surface area (TPSA) is 12.5 Å². The first-order valence-electron chi connectivity index (χ1n) is 9.13. The summed E-state index contributed by atoms with van der Waals surface area (Å²) in [7, 11) is 2.17. The van der Waals surface area contributed by atoms with E-state index in [9.17, 15) is 0 Å². The zero-order valence-corrected chi connectivity index (χ0v) is 15.2. The highest BCUT2D eigenvalue weighted by Gasteiger charge is 2.08. The molecule has 0 fully saturated rings. The Kier molecular flexibility index (Phi) is 9.77. The van der Waals surface area contributed by atoms with E-state index in [4.69, 9.17) is 4.74 Å². The molecular weight excluding hydrogens is 270 g/mol. The van der Waals surface area contributed by atoms with E-state index in [0.29, 0.717) is 0 Å². The summed E-state index contributed by atoms with van der Waals surface area (Å²) in [5, 5.41) is 0. The lowest BCUT2D eigenvalue weighted by molar-refractivity contribution is 0.304. The van der Waals surface area contributed by atoms with Crippen LogP contribution >= 0.6 is 0 Å². The third-order valence-corrected chi connectivity index (χ3v) is 4.13. The van der Waals surface area contributed by atoms with Crippen LogP contribution in [0.4, 0.5) is 5.69 Å². The normalized spacial score (nSPS) is 10.7. The molecule has 0 aromatic heterocycles. The van der Waals surface area contributed by atoms with Gasteiger partial charge in [0.05, 0.1) is 12.3 Å². The summed E-state index contributed by atoms with van der Waals surface area (Å²) < 4.78 is 6.06. The number of hydrogen-bond donors (Lipinski definition) is 0. The molecule has 0 saturated carbocycles. The van der Waals surface area contributed by atoms with Gasteiger partial charge in [0, 0.05) is 13.6 Å². The second kappa shape index (κ2) is 11.4. The molecule has 0 atom stereocenters. The lowest BCUT2D eigenvalue weighted by Gasteiger charge is -2.23. The number of unbranched alkanes of at least 4 members (excludes halogenated alkanes) is 6. The van der Waals surface area contributed by atoms with Crippen LogP contribution in [0.3, 0.4) is 0 Å². The van der Waals surface area contributed by atoms with Gasteiger partial charge in [0.1, 0.15) is 5.75 Å². The van der Waals surface area contributed by atoms with E-state index in [1.165, 1.54) is 56.2 Å². The van der Waals surface area contributed by atoms with Crippen molar-refractivity contribution in [3.05, 3.63) is 23.8 Å². The van der Waals surface area contributed by atoms with Crippen molar-refractivity contribution in [2.45, 2.75) is 72.1 Å². The van der Waals surface area contributed by atoms with Crippen molar-refractivity contribution in [3.63, 3.8) is 0 Å². The predicted molar refractivity (Wildman–Crippen MR) is 98.2 cm³/mol. The number of nitrogens with zero attached hydrogens (tertiary/aromatic N) is 1. The molecule has 126 valence electrons. The van der Waals surface area contributed by atoms with Crippen LogP contribution < -0.4 is 9.64 Å². The van der Waals surface area contributed by atoms with Crippen LogP contribution in [0.1, 0.15) is 70.8 Å². The lowest BCUT2D eigenvalue weighted by Crippen LogP contribution is -2.19. The average molecular weight is 306 g/mol. The highest BCUT2D eigenvalue weighted by atomic mass is 16.5. The maximum atomic E-state index is 6.06. The van der Waals surface area contributed by atoms with Crippen molar-refractivity contribution in [2.75, 3.05) is 25.1 Å². The average Bonchev–Trinajstić information content (AvgIpc) is 2.52. The Morgan fingerprint density at radius 3 is 2.32 bits per heavy atom. The third-order valence-electron chi connectivity index (χ3n) is 4.13. The van der Waals surface area contributed by atoms with Crippen molar-refractivity contribution in [1.82, 2.24) is 0 Å². The summed E-state index contributed by atoms with van der Waals surface area (Å²) in [6.45, 7) is 8.57. The molecule has 0 radical (unpaired) electrons. The minimum absolute atomic E-state index is 0.837. The monoisotopic (exact) mass is 305 g/mol. The molecule has 0 heterocycles. The molecule has 2 heteroatoms. The fourth-order valence-corrected chi connectivity index (χ4v) is 2.63. The zero-order valence-electron chi connectivity index (χ0n) is 15.2. The summed E-state index contributed by atoms with van der Waals surface area (Å²) in [4.78, 5) is 2.33. The highest BCUT2D eigenvalue weighted by molar-refractivity contribution is 5.59. The standard InChI is InChI=1S/C20H35NO/c1-5-7-9-10-11-12-16-22-20-14-13-18(3)17-19(20)21(4)15-8-6-2/h13-14,17H,5-12,15-16H2,1-4H3. The maximum Gasteiger partial charge on any atom is 0.142 e. The quantitative estimate of drug-likeness (QED) is 0.441. The minimum Gasteiger partial charge on any atom is -0.491 e. The molecule has 1 rings (SSSR count). The van der Waals surface area contributed by atoms with Crippen LogP contribution in [0.2, 0.25) is 0 Å². The van der Waals surface area contributed by atoms with Crippen LogP contribution in [0.25, 0.3) is 0 Å². The van der Waals surface area contributed by atoms with Crippen molar-refractivity contribution >= 4 is 5.69 Å². The van der Waals surface area contributed by atoms with Gasteiger partial charge in [-0.3, -0.25) is 0 Å². The van der Waals surface area contributed by atoms with E-state index in [-0.39, 0.29) is 0 Å². The lowest BCUT2D eigenvalue weighted by atomic mass is 10.1. The molecule has 0 bridgehead atoms. The van der Waals surface area contributed by atoms with Crippen molar-refractivity contribution in [3.8, 4) is 5.75 Å². The van der Waals surface area contributed by atoms with Gasteiger partial charge in [-0.05, 0) is 37.5 Å². The van der Waals surface area contributed by atoms with Crippen molar-refractivity contribution < 1.29 is 4.74 Å². The van der Waals surface area contributed by atoms with E-state index in [2.05, 4.69) is 50.9 Å². The second-order valence-corrected chi connectivity index (χ2v) is 6.36. The van der Waals surface area contributed by atoms with Gasteiger partial charge in [-0.25, -0.2) is 0 Å². The molecule has 0 aliphatic carbocycles. The van der Waals surface area contributed by atoms with Gasteiger partial charge in [0.15, 0.2) is 0 Å². The third kappa shape index (κ3) is 7.20. The Labute approximate surface area is 137 Å². The molecule has 0 spiro atoms. The Morgan fingerprint density at radius 1 is 0.909 bits per heavy atom. The Balaban J connectivity index is 2.44. The van der Waals surface area contributed by atoms with Gasteiger partial charge in [-0.15, -0.1) is 0 Å². The van der Waals surface area contributed by atoms with E-state index >= 15 is 0 Å². The van der Waals surface area contributed by atoms with Crippen LogP contribution in [0, 0.1) is 6.92 Å². The van der Waals surface area contributed by atoms with Gasteiger partial charge >= 0.3 is 0 Å². The molecule has 0 saturated heterocycles. The fraction of sp³-hybridized carbons (Fsp3) is 0.700. The number of anilines is 1. The molecule has 0 amide bonds. The van der Waals surface area contributed by atoms with E-state index < -0.39 is 0 Å². The van der Waals surface area contributed by atoms with E-state index in [0.717, 1.165) is 25.3 Å². The van der Waals surface area contributed by atoms with Crippen LogP contribution in [-0.2, 0) is 0 Å². The highest BCUT2D eigenvalue weighted by Crippen LogP contribution is 2.29. The number of aryl methyl sites for hydroxylation is 1. The molecule has 0 unspecified atom stereocenters. The molecule has 0 N–H and O–H groups in total. The van der Waals surface area contributed by atoms with E-state index in [1.807, 2.05) is 0 Å². The molecule has 0 aliphatic heterocycles. The van der Waals surface area contributed by atoms with Crippen LogP contribution in [0.15, 0.2) is 18.2 Å². The summed E-state index contributed by atoms with van der Waals surface area (Å²) in [6, 6.07) is 6.52. The number of benzene rings is 1. The van der Waals surface area contributed by atoms with Crippen LogP contribution in [0.5, 0.6) is 5.75 Å². The summed E-state index contributed by atoms with van der Waals surface area (Å²) >= 11 is 0. The molecule has 2 nitrogen and oxygen atoms in total. The first-order chi connectivity index (χ1) is 10.7. The smallest absolute Gasteiger partial charge is 0.142 e.